The fraction of sp³-hybridized carbons (Fsp3) is 0.310. The zero-order valence-electron chi connectivity index (χ0n) is 22.8. The zero-order valence-corrected chi connectivity index (χ0v) is 23.5. The van der Waals surface area contributed by atoms with Gasteiger partial charge in [0.15, 0.2) is 11.6 Å². The van der Waals surface area contributed by atoms with E-state index < -0.39 is 34.7 Å². The summed E-state index contributed by atoms with van der Waals surface area (Å²) < 4.78 is 31.3. The van der Waals surface area contributed by atoms with Crippen LogP contribution in [0.1, 0.15) is 32.8 Å². The number of halogens is 3. The van der Waals surface area contributed by atoms with E-state index in [0.717, 1.165) is 17.0 Å². The Morgan fingerprint density at radius 1 is 1.12 bits per heavy atom. The van der Waals surface area contributed by atoms with E-state index in [4.69, 9.17) is 11.6 Å². The van der Waals surface area contributed by atoms with E-state index in [1.54, 1.807) is 39.0 Å². The van der Waals surface area contributed by atoms with Gasteiger partial charge in [0.05, 0.1) is 27.8 Å². The maximum atomic E-state index is 15.7. The minimum absolute atomic E-state index is 0.113. The lowest BCUT2D eigenvalue weighted by Gasteiger charge is -2.28. The van der Waals surface area contributed by atoms with Crippen molar-refractivity contribution in [1.82, 2.24) is 10.3 Å². The van der Waals surface area contributed by atoms with Crippen LogP contribution in [0.4, 0.5) is 36.5 Å². The van der Waals surface area contributed by atoms with Gasteiger partial charge in [0.25, 0.3) is 0 Å². The van der Waals surface area contributed by atoms with Crippen molar-refractivity contribution in [3.05, 3.63) is 64.8 Å². The topological polar surface area (TPSA) is 122 Å². The lowest BCUT2D eigenvalue weighted by molar-refractivity contribution is -0.147. The first kappa shape index (κ1) is 29.7. The van der Waals surface area contributed by atoms with Gasteiger partial charge in [-0.05, 0) is 64.1 Å². The number of anilines is 4. The van der Waals surface area contributed by atoms with Crippen molar-refractivity contribution in [3.8, 4) is 17.2 Å². The van der Waals surface area contributed by atoms with E-state index in [9.17, 15) is 20.0 Å². The molecular formula is C29H29ClF2N6O3. The minimum Gasteiger partial charge on any atom is -0.481 e. The number of nitriles is 1. The Labute approximate surface area is 241 Å². The Hall–Kier alpha value is -4.27. The second kappa shape index (κ2) is 12.1. The molecule has 1 aromatic heterocycles. The molecule has 0 unspecified atom stereocenters. The van der Waals surface area contributed by atoms with Crippen molar-refractivity contribution >= 4 is 46.5 Å². The molecule has 2 heterocycles. The summed E-state index contributed by atoms with van der Waals surface area (Å²) in [5.74, 6) is -2.59. The average Bonchev–Trinajstić information content (AvgIpc) is 3.02. The molecule has 214 valence electrons. The normalized spacial score (nSPS) is 12.9. The standard InChI is InChI=1S/C29H29ClF2N6O3/c1-4-37-26-21(12-18(30)16-36-26)20-6-5-17(15-33)11-24(20)38(28(37)41)25-22(31)13-19(14-23(25)32)35-10-9-34-8-7-29(2,3)27(39)40/h5-6,11-14,16,34-35H,4,7-10H2,1-3H3,(H,39,40). The van der Waals surface area contributed by atoms with Gasteiger partial charge in [-0.1, -0.05) is 17.7 Å². The van der Waals surface area contributed by atoms with Crippen molar-refractivity contribution in [2.24, 2.45) is 5.41 Å². The second-order valence-electron chi connectivity index (χ2n) is 10.1. The highest BCUT2D eigenvalue weighted by atomic mass is 35.5. The quantitative estimate of drug-likeness (QED) is 0.245. The molecule has 0 atom stereocenters. The second-order valence-corrected chi connectivity index (χ2v) is 10.6. The summed E-state index contributed by atoms with van der Waals surface area (Å²) in [7, 11) is 0. The number of nitrogens with one attached hydrogen (secondary N) is 2. The summed E-state index contributed by atoms with van der Waals surface area (Å²) in [5, 5.41) is 25.1. The number of hydrogen-bond acceptors (Lipinski definition) is 6. The number of amides is 2. The van der Waals surface area contributed by atoms with Crippen LogP contribution in [-0.4, -0.2) is 48.3 Å². The molecule has 9 nitrogen and oxygen atoms in total. The Morgan fingerprint density at radius 3 is 2.46 bits per heavy atom. The molecule has 2 aromatic carbocycles. The fourth-order valence-corrected chi connectivity index (χ4v) is 4.64. The highest BCUT2D eigenvalue weighted by Crippen LogP contribution is 2.45. The highest BCUT2D eigenvalue weighted by molar-refractivity contribution is 6.31. The van der Waals surface area contributed by atoms with Gasteiger partial charge in [0.2, 0.25) is 0 Å². The molecule has 0 radical (unpaired) electrons. The molecule has 4 rings (SSSR count). The molecule has 0 fully saturated rings. The predicted octanol–water partition coefficient (Wildman–Crippen LogP) is 6.15. The molecule has 3 N–H and O–H groups in total. The Morgan fingerprint density at radius 2 is 1.83 bits per heavy atom. The van der Waals surface area contributed by atoms with Crippen LogP contribution in [-0.2, 0) is 4.79 Å². The van der Waals surface area contributed by atoms with Crippen molar-refractivity contribution < 1.29 is 23.5 Å². The molecule has 2 amide bonds. The summed E-state index contributed by atoms with van der Waals surface area (Å²) in [4.78, 5) is 31.6. The molecule has 0 saturated carbocycles. The van der Waals surface area contributed by atoms with E-state index in [2.05, 4.69) is 15.6 Å². The molecule has 41 heavy (non-hydrogen) atoms. The van der Waals surface area contributed by atoms with Crippen LogP contribution in [0.2, 0.25) is 5.02 Å². The lowest BCUT2D eigenvalue weighted by atomic mass is 9.90. The maximum absolute atomic E-state index is 15.7. The van der Waals surface area contributed by atoms with Crippen LogP contribution >= 0.6 is 11.6 Å². The van der Waals surface area contributed by atoms with Gasteiger partial charge in [-0.3, -0.25) is 14.6 Å². The SMILES string of the molecule is CCN1C(=O)N(c2c(F)cc(NCCNCCC(C)(C)C(=O)O)cc2F)c2cc(C#N)ccc2-c2cc(Cl)cnc21. The predicted molar refractivity (Wildman–Crippen MR) is 154 cm³/mol. The molecule has 1 aliphatic rings. The van der Waals surface area contributed by atoms with Gasteiger partial charge in [0, 0.05) is 42.6 Å². The number of benzene rings is 2. The largest absolute Gasteiger partial charge is 0.481 e. The van der Waals surface area contributed by atoms with Crippen molar-refractivity contribution in [3.63, 3.8) is 0 Å². The van der Waals surface area contributed by atoms with Gasteiger partial charge in [0.1, 0.15) is 11.5 Å². The molecule has 0 aliphatic carbocycles. The number of nitrogens with zero attached hydrogens (tertiary/aromatic N) is 4. The number of fused-ring (bicyclic) bond motifs is 3. The van der Waals surface area contributed by atoms with Gasteiger partial charge in [-0.2, -0.15) is 5.26 Å². The number of aromatic nitrogens is 1. The summed E-state index contributed by atoms with van der Waals surface area (Å²) >= 11 is 6.22. The summed E-state index contributed by atoms with van der Waals surface area (Å²) in [5.41, 5.74) is -0.0815. The molecule has 0 bridgehead atoms. The third-order valence-electron chi connectivity index (χ3n) is 6.86. The number of carbonyl (C=O) groups excluding carboxylic acids is 1. The third-order valence-corrected chi connectivity index (χ3v) is 7.07. The fourth-order valence-electron chi connectivity index (χ4n) is 4.48. The van der Waals surface area contributed by atoms with Crippen LogP contribution in [0.3, 0.4) is 0 Å². The molecule has 3 aromatic rings. The summed E-state index contributed by atoms with van der Waals surface area (Å²) in [6.07, 6.45) is 1.80. The summed E-state index contributed by atoms with van der Waals surface area (Å²) in [6.45, 7) is 6.34. The van der Waals surface area contributed by atoms with Gasteiger partial charge >= 0.3 is 12.0 Å². The van der Waals surface area contributed by atoms with Crippen LogP contribution < -0.4 is 20.4 Å². The van der Waals surface area contributed by atoms with E-state index in [-0.39, 0.29) is 29.3 Å². The smallest absolute Gasteiger partial charge is 0.334 e. The number of urea groups is 1. The van der Waals surface area contributed by atoms with E-state index >= 15 is 8.78 Å². The molecule has 0 spiro atoms. The lowest BCUT2D eigenvalue weighted by Crippen LogP contribution is -2.41. The number of aliphatic carboxylic acids is 1. The number of carboxylic acids is 1. The first-order valence-corrected chi connectivity index (χ1v) is 13.3. The Balaban J connectivity index is 1.64. The van der Waals surface area contributed by atoms with Crippen LogP contribution in [0.15, 0.2) is 42.6 Å². The minimum atomic E-state index is -0.988. The van der Waals surface area contributed by atoms with Crippen LogP contribution in [0.25, 0.3) is 11.1 Å². The van der Waals surface area contributed by atoms with E-state index in [0.29, 0.717) is 42.2 Å². The molecule has 12 heteroatoms. The Bertz CT molecular complexity index is 1520. The number of hydrogen-bond donors (Lipinski definition) is 3. The first-order chi connectivity index (χ1) is 19.5. The van der Waals surface area contributed by atoms with Gasteiger partial charge < -0.3 is 15.7 Å². The number of carboxylic acid groups (broad SMARTS) is 1. The van der Waals surface area contributed by atoms with Crippen molar-refractivity contribution in [1.29, 1.82) is 5.26 Å². The number of carbonyl (C=O) groups is 2. The van der Waals surface area contributed by atoms with E-state index in [1.807, 2.05) is 6.07 Å². The zero-order chi connectivity index (χ0) is 29.9. The number of rotatable bonds is 10. The monoisotopic (exact) mass is 582 g/mol. The van der Waals surface area contributed by atoms with Crippen molar-refractivity contribution in [2.45, 2.75) is 27.2 Å². The Kier molecular flexibility index (Phi) is 8.75. The van der Waals surface area contributed by atoms with Gasteiger partial charge in [-0.25, -0.2) is 18.6 Å². The molecule has 1 aliphatic heterocycles. The van der Waals surface area contributed by atoms with E-state index in [1.165, 1.54) is 17.2 Å². The van der Waals surface area contributed by atoms with Gasteiger partial charge in [-0.15, -0.1) is 0 Å². The highest BCUT2D eigenvalue weighted by Gasteiger charge is 2.36. The number of pyridine rings is 1. The first-order valence-electron chi connectivity index (χ1n) is 13.0. The van der Waals surface area contributed by atoms with Crippen LogP contribution in [0, 0.1) is 28.4 Å². The summed E-state index contributed by atoms with van der Waals surface area (Å²) in [6, 6.07) is 9.61. The third kappa shape index (κ3) is 6.09. The maximum Gasteiger partial charge on any atom is 0.334 e. The average molecular weight is 583 g/mol. The molecule has 0 saturated heterocycles. The molecular weight excluding hydrogens is 554 g/mol. The van der Waals surface area contributed by atoms with Crippen LogP contribution in [0.5, 0.6) is 0 Å². The van der Waals surface area contributed by atoms with Crippen molar-refractivity contribution in [2.75, 3.05) is 41.3 Å².